The molecule has 0 radical (unpaired) electrons. The molecule has 0 aliphatic rings. The molecule has 0 N–H and O–H groups in total. The van der Waals surface area contributed by atoms with Crippen LogP contribution < -0.4 is 5.56 Å². The predicted molar refractivity (Wildman–Crippen MR) is 57.3 cm³/mol. The van der Waals surface area contributed by atoms with Crippen LogP contribution in [0.1, 0.15) is 10.6 Å². The molecule has 0 fully saturated rings. The summed E-state index contributed by atoms with van der Waals surface area (Å²) in [5, 5.41) is 12.1. The van der Waals surface area contributed by atoms with E-state index in [2.05, 4.69) is 15.3 Å². The van der Waals surface area contributed by atoms with E-state index in [4.69, 9.17) is 11.6 Å². The third-order valence-electron chi connectivity index (χ3n) is 1.73. The third kappa shape index (κ3) is 2.40. The van der Waals surface area contributed by atoms with Gasteiger partial charge in [-0.25, -0.2) is 4.68 Å². The highest BCUT2D eigenvalue weighted by Gasteiger charge is 2.04. The molecule has 15 heavy (non-hydrogen) atoms. The summed E-state index contributed by atoms with van der Waals surface area (Å²) in [6, 6.07) is 1.52. The number of nitrogens with zero attached hydrogens (tertiary/aromatic N) is 4. The molecule has 2 aromatic heterocycles. The zero-order valence-corrected chi connectivity index (χ0v) is 9.42. The lowest BCUT2D eigenvalue weighted by Crippen LogP contribution is -2.22. The van der Waals surface area contributed by atoms with E-state index in [1.807, 2.05) is 6.92 Å². The van der Waals surface area contributed by atoms with Crippen LogP contribution in [-0.2, 0) is 6.54 Å². The topological polar surface area (TPSA) is 60.7 Å². The Hall–Kier alpha value is -1.27. The number of rotatable bonds is 2. The van der Waals surface area contributed by atoms with Gasteiger partial charge in [-0.3, -0.25) is 4.79 Å². The molecule has 78 valence electrons. The van der Waals surface area contributed by atoms with E-state index in [0.717, 1.165) is 5.56 Å². The molecule has 0 aliphatic heterocycles. The van der Waals surface area contributed by atoms with Crippen LogP contribution >= 0.6 is 22.9 Å². The molecule has 0 unspecified atom stereocenters. The second kappa shape index (κ2) is 4.08. The zero-order valence-electron chi connectivity index (χ0n) is 7.85. The smallest absolute Gasteiger partial charge is 0.267 e. The Morgan fingerprint density at radius 2 is 2.33 bits per heavy atom. The van der Waals surface area contributed by atoms with Gasteiger partial charge in [0.2, 0.25) is 4.47 Å². The van der Waals surface area contributed by atoms with Crippen LogP contribution in [0.25, 0.3) is 0 Å². The van der Waals surface area contributed by atoms with Crippen LogP contribution in [-0.4, -0.2) is 20.0 Å². The molecule has 0 atom stereocenters. The highest BCUT2D eigenvalue weighted by Crippen LogP contribution is 2.14. The fourth-order valence-electron chi connectivity index (χ4n) is 1.07. The monoisotopic (exact) mass is 242 g/mol. The third-order valence-corrected chi connectivity index (χ3v) is 2.74. The van der Waals surface area contributed by atoms with Crippen molar-refractivity contribution in [1.82, 2.24) is 20.0 Å². The van der Waals surface area contributed by atoms with Gasteiger partial charge in [-0.1, -0.05) is 11.3 Å². The summed E-state index contributed by atoms with van der Waals surface area (Å²) in [5.41, 5.74) is 0.688. The van der Waals surface area contributed by atoms with Crippen molar-refractivity contribution in [3.8, 4) is 0 Å². The van der Waals surface area contributed by atoms with Crippen molar-refractivity contribution in [2.45, 2.75) is 13.5 Å². The van der Waals surface area contributed by atoms with Crippen LogP contribution in [0.15, 0.2) is 17.1 Å². The van der Waals surface area contributed by atoms with Crippen molar-refractivity contribution in [3.05, 3.63) is 37.7 Å². The van der Waals surface area contributed by atoms with Gasteiger partial charge in [-0.15, -0.1) is 10.2 Å². The predicted octanol–water partition coefficient (Wildman–Crippen LogP) is 1.10. The zero-order chi connectivity index (χ0) is 10.8. The summed E-state index contributed by atoms with van der Waals surface area (Å²) in [6.07, 6.45) is 1.63. The quantitative estimate of drug-likeness (QED) is 0.791. The molecule has 0 aliphatic carbocycles. The molecule has 0 bridgehead atoms. The number of halogens is 1. The highest BCUT2D eigenvalue weighted by atomic mass is 35.5. The van der Waals surface area contributed by atoms with E-state index in [-0.39, 0.29) is 5.56 Å². The molecule has 2 aromatic rings. The summed E-state index contributed by atoms with van der Waals surface area (Å²) in [7, 11) is 0. The lowest BCUT2D eigenvalue weighted by Gasteiger charge is -2.00. The molecule has 2 heterocycles. The SMILES string of the molecule is Cc1cnn(Cc2nnc(Cl)s2)c(=O)c1. The minimum atomic E-state index is -0.152. The van der Waals surface area contributed by atoms with Crippen molar-refractivity contribution in [2.75, 3.05) is 0 Å². The fourth-order valence-corrected chi connectivity index (χ4v) is 1.92. The molecule has 2 rings (SSSR count). The molecule has 0 amide bonds. The normalized spacial score (nSPS) is 10.5. The number of hydrogen-bond donors (Lipinski definition) is 0. The van der Waals surface area contributed by atoms with Crippen molar-refractivity contribution >= 4 is 22.9 Å². The van der Waals surface area contributed by atoms with Crippen molar-refractivity contribution in [1.29, 1.82) is 0 Å². The first-order chi connectivity index (χ1) is 7.15. The average Bonchev–Trinajstić information content (AvgIpc) is 2.56. The van der Waals surface area contributed by atoms with E-state index in [1.54, 1.807) is 6.20 Å². The maximum absolute atomic E-state index is 11.5. The van der Waals surface area contributed by atoms with Crippen LogP contribution in [0.3, 0.4) is 0 Å². The summed E-state index contributed by atoms with van der Waals surface area (Å²) in [6.45, 7) is 2.13. The van der Waals surface area contributed by atoms with Crippen LogP contribution in [0.4, 0.5) is 0 Å². The Morgan fingerprint density at radius 1 is 1.53 bits per heavy atom. The lowest BCUT2D eigenvalue weighted by atomic mass is 10.3. The second-order valence-corrected chi connectivity index (χ2v) is 4.62. The van der Waals surface area contributed by atoms with E-state index in [1.165, 1.54) is 22.1 Å². The minimum Gasteiger partial charge on any atom is -0.268 e. The van der Waals surface area contributed by atoms with E-state index in [9.17, 15) is 4.79 Å². The maximum atomic E-state index is 11.5. The van der Waals surface area contributed by atoms with Gasteiger partial charge in [0.25, 0.3) is 5.56 Å². The number of aromatic nitrogens is 4. The summed E-state index contributed by atoms with van der Waals surface area (Å²) < 4.78 is 1.69. The molecule has 0 saturated heterocycles. The first-order valence-corrected chi connectivity index (χ1v) is 5.36. The summed E-state index contributed by atoms with van der Waals surface area (Å²) in [5.74, 6) is 0. The molecular formula is C8H7ClN4OS. The van der Waals surface area contributed by atoms with Gasteiger partial charge in [0, 0.05) is 6.07 Å². The Kier molecular flexibility index (Phi) is 2.79. The Bertz CT molecular complexity index is 535. The first-order valence-electron chi connectivity index (χ1n) is 4.17. The van der Waals surface area contributed by atoms with Crippen LogP contribution in [0.2, 0.25) is 4.47 Å². The Balaban J connectivity index is 2.28. The second-order valence-electron chi connectivity index (χ2n) is 2.98. The lowest BCUT2D eigenvalue weighted by molar-refractivity contribution is 0.629. The fraction of sp³-hybridized carbons (Fsp3) is 0.250. The standard InChI is InChI=1S/C8H7ClN4OS/c1-5-2-7(14)13(10-3-5)4-6-11-12-8(9)15-6/h2-3H,4H2,1H3. The molecule has 7 heteroatoms. The van der Waals surface area contributed by atoms with Gasteiger partial charge >= 0.3 is 0 Å². The highest BCUT2D eigenvalue weighted by molar-refractivity contribution is 7.15. The van der Waals surface area contributed by atoms with Crippen molar-refractivity contribution in [3.63, 3.8) is 0 Å². The van der Waals surface area contributed by atoms with E-state index in [0.29, 0.717) is 16.0 Å². The van der Waals surface area contributed by atoms with Gasteiger partial charge in [0.1, 0.15) is 5.01 Å². The number of hydrogen-bond acceptors (Lipinski definition) is 5. The van der Waals surface area contributed by atoms with Crippen LogP contribution in [0, 0.1) is 6.92 Å². The Morgan fingerprint density at radius 3 is 2.93 bits per heavy atom. The van der Waals surface area contributed by atoms with Crippen molar-refractivity contribution in [2.24, 2.45) is 0 Å². The van der Waals surface area contributed by atoms with E-state index < -0.39 is 0 Å². The molecule has 0 saturated carbocycles. The first kappa shape index (κ1) is 10.3. The van der Waals surface area contributed by atoms with Crippen molar-refractivity contribution < 1.29 is 0 Å². The van der Waals surface area contributed by atoms with Gasteiger partial charge < -0.3 is 0 Å². The molecule has 5 nitrogen and oxygen atoms in total. The van der Waals surface area contributed by atoms with Crippen LogP contribution in [0.5, 0.6) is 0 Å². The van der Waals surface area contributed by atoms with Gasteiger partial charge in [-0.05, 0) is 24.1 Å². The molecule has 0 spiro atoms. The van der Waals surface area contributed by atoms with Gasteiger partial charge in [-0.2, -0.15) is 5.10 Å². The maximum Gasteiger partial charge on any atom is 0.267 e. The number of aryl methyl sites for hydroxylation is 1. The van der Waals surface area contributed by atoms with Gasteiger partial charge in [0.15, 0.2) is 0 Å². The molecular weight excluding hydrogens is 236 g/mol. The summed E-state index contributed by atoms with van der Waals surface area (Å²) >= 11 is 6.87. The summed E-state index contributed by atoms with van der Waals surface area (Å²) in [4.78, 5) is 11.5. The Labute approximate surface area is 94.3 Å². The largest absolute Gasteiger partial charge is 0.268 e. The van der Waals surface area contributed by atoms with Gasteiger partial charge in [0.05, 0.1) is 12.7 Å². The minimum absolute atomic E-state index is 0.152. The molecule has 0 aromatic carbocycles. The average molecular weight is 243 g/mol. The van der Waals surface area contributed by atoms with E-state index >= 15 is 0 Å².